The molecule has 0 atom stereocenters. The molecule has 1 fully saturated rings. The Labute approximate surface area is 197 Å². The molecule has 170 valence electrons. The number of rotatable bonds is 6. The van der Waals surface area contributed by atoms with Gasteiger partial charge in [0.2, 0.25) is 0 Å². The van der Waals surface area contributed by atoms with Gasteiger partial charge in [0.25, 0.3) is 5.92 Å². The van der Waals surface area contributed by atoms with Crippen LogP contribution in [-0.4, -0.2) is 48.5 Å². The minimum atomic E-state index is -2.58. The largest absolute Gasteiger partial charge is 0.349 e. The lowest BCUT2D eigenvalue weighted by Gasteiger charge is -2.36. The molecule has 0 bridgehead atoms. The van der Waals surface area contributed by atoms with Crippen LogP contribution in [0.3, 0.4) is 0 Å². The molecule has 4 heterocycles. The number of nitrogens with one attached hydrogen (secondary N) is 3. The highest BCUT2D eigenvalue weighted by molar-refractivity contribution is 7.97. The zero-order chi connectivity index (χ0) is 23.1. The third-order valence-electron chi connectivity index (χ3n) is 5.54. The van der Waals surface area contributed by atoms with Crippen LogP contribution >= 0.6 is 11.9 Å². The first-order valence-corrected chi connectivity index (χ1v) is 11.4. The Bertz CT molecular complexity index is 1440. The lowest BCUT2D eigenvalue weighted by atomic mass is 10.1. The fourth-order valence-corrected chi connectivity index (χ4v) is 4.95. The van der Waals surface area contributed by atoms with E-state index in [0.717, 1.165) is 38.3 Å². The van der Waals surface area contributed by atoms with Crippen molar-refractivity contribution in [1.82, 2.24) is 29.5 Å². The first-order chi connectivity index (χ1) is 16.5. The summed E-state index contributed by atoms with van der Waals surface area (Å²) in [4.78, 5) is 12.4. The Morgan fingerprint density at radius 2 is 1.79 bits per heavy atom. The van der Waals surface area contributed by atoms with Crippen LogP contribution in [0.15, 0.2) is 78.2 Å². The van der Waals surface area contributed by atoms with Gasteiger partial charge in [0.1, 0.15) is 5.82 Å². The maximum Gasteiger partial charge on any atom is 0.274 e. The highest BCUT2D eigenvalue weighted by Crippen LogP contribution is 2.37. The van der Waals surface area contributed by atoms with Gasteiger partial charge >= 0.3 is 0 Å². The number of alkyl halides is 2. The second kappa shape index (κ2) is 8.23. The van der Waals surface area contributed by atoms with E-state index in [0.29, 0.717) is 11.6 Å². The van der Waals surface area contributed by atoms with E-state index in [2.05, 4.69) is 30.5 Å². The molecule has 34 heavy (non-hydrogen) atoms. The smallest absolute Gasteiger partial charge is 0.274 e. The molecule has 5 aromatic rings. The number of benzene rings is 2. The topological polar surface area (TPSA) is 85.5 Å². The zero-order valence-electron chi connectivity index (χ0n) is 17.8. The number of aromatic nitrogens is 5. The lowest BCUT2D eigenvalue weighted by Crippen LogP contribution is -2.52. The van der Waals surface area contributed by atoms with Crippen LogP contribution in [0.5, 0.6) is 0 Å². The van der Waals surface area contributed by atoms with Gasteiger partial charge in [-0.15, -0.1) is 0 Å². The van der Waals surface area contributed by atoms with Gasteiger partial charge in [-0.1, -0.05) is 24.3 Å². The summed E-state index contributed by atoms with van der Waals surface area (Å²) in [5, 5.41) is 12.0. The Balaban J connectivity index is 1.19. The standard InChI is InChI=1S/C24H19F2N7S/c25-24(26)13-33(14-24)34-22-10-16-1-2-17(9-20(16)31-22)23-27-8-7-21(32-23)30-19-5-3-15(4-6-19)18-11-28-29-12-18/h1-12,31H,13-14H2,(H,28,29)(H,27,30,32). The van der Waals surface area contributed by atoms with Gasteiger partial charge in [0.15, 0.2) is 5.82 Å². The van der Waals surface area contributed by atoms with Gasteiger partial charge in [0, 0.05) is 40.1 Å². The monoisotopic (exact) mass is 475 g/mol. The molecule has 3 aromatic heterocycles. The first-order valence-electron chi connectivity index (χ1n) is 10.6. The first kappa shape index (κ1) is 20.8. The summed E-state index contributed by atoms with van der Waals surface area (Å²) < 4.78 is 27.8. The van der Waals surface area contributed by atoms with Crippen molar-refractivity contribution in [2.24, 2.45) is 0 Å². The van der Waals surface area contributed by atoms with Crippen LogP contribution in [0.4, 0.5) is 20.3 Å². The second-order valence-electron chi connectivity index (χ2n) is 8.14. The number of anilines is 2. The number of H-pyrrole nitrogens is 2. The number of aromatic amines is 2. The fourth-order valence-electron chi connectivity index (χ4n) is 3.83. The molecular weight excluding hydrogens is 456 g/mol. The Morgan fingerprint density at radius 3 is 2.56 bits per heavy atom. The number of nitrogens with zero attached hydrogens (tertiary/aromatic N) is 4. The van der Waals surface area contributed by atoms with E-state index >= 15 is 0 Å². The molecule has 6 rings (SSSR count). The minimum Gasteiger partial charge on any atom is -0.349 e. The molecule has 0 spiro atoms. The molecule has 7 nitrogen and oxygen atoms in total. The summed E-state index contributed by atoms with van der Waals surface area (Å²) in [5.41, 5.74) is 4.78. The highest BCUT2D eigenvalue weighted by Gasteiger charge is 2.44. The summed E-state index contributed by atoms with van der Waals surface area (Å²) in [7, 11) is 0. The molecule has 1 aliphatic heterocycles. The summed E-state index contributed by atoms with van der Waals surface area (Å²) in [5.74, 6) is -1.31. The summed E-state index contributed by atoms with van der Waals surface area (Å²) in [6.07, 6.45) is 5.35. The van der Waals surface area contributed by atoms with Crippen LogP contribution in [0.25, 0.3) is 33.4 Å². The molecule has 0 radical (unpaired) electrons. The number of hydrogen-bond donors (Lipinski definition) is 3. The van der Waals surface area contributed by atoms with E-state index in [9.17, 15) is 8.78 Å². The van der Waals surface area contributed by atoms with E-state index in [1.807, 2.05) is 60.8 Å². The molecule has 0 aliphatic carbocycles. The molecule has 0 unspecified atom stereocenters. The van der Waals surface area contributed by atoms with Crippen molar-refractivity contribution in [3.63, 3.8) is 0 Å². The molecule has 0 amide bonds. The average molecular weight is 476 g/mol. The molecule has 1 saturated heterocycles. The van der Waals surface area contributed by atoms with Crippen LogP contribution in [0.1, 0.15) is 0 Å². The Kier molecular flexibility index (Phi) is 5.04. The summed E-state index contributed by atoms with van der Waals surface area (Å²) >= 11 is 1.32. The van der Waals surface area contributed by atoms with Gasteiger partial charge < -0.3 is 10.3 Å². The van der Waals surface area contributed by atoms with E-state index < -0.39 is 5.92 Å². The van der Waals surface area contributed by atoms with Crippen molar-refractivity contribution in [2.75, 3.05) is 18.4 Å². The van der Waals surface area contributed by atoms with Gasteiger partial charge in [-0.25, -0.2) is 23.1 Å². The van der Waals surface area contributed by atoms with Crippen LogP contribution < -0.4 is 5.32 Å². The predicted octanol–water partition coefficient (Wildman–Crippen LogP) is 5.72. The molecule has 0 saturated carbocycles. The van der Waals surface area contributed by atoms with Crippen molar-refractivity contribution in [3.05, 3.63) is 73.2 Å². The zero-order valence-corrected chi connectivity index (χ0v) is 18.6. The van der Waals surface area contributed by atoms with E-state index in [1.165, 1.54) is 11.9 Å². The van der Waals surface area contributed by atoms with Crippen molar-refractivity contribution in [3.8, 4) is 22.5 Å². The van der Waals surface area contributed by atoms with Crippen LogP contribution in [0, 0.1) is 0 Å². The van der Waals surface area contributed by atoms with Gasteiger partial charge in [0.05, 0.1) is 24.3 Å². The van der Waals surface area contributed by atoms with E-state index in [1.54, 1.807) is 16.7 Å². The van der Waals surface area contributed by atoms with Crippen molar-refractivity contribution < 1.29 is 8.78 Å². The maximum absolute atomic E-state index is 13.1. The fraction of sp³-hybridized carbons (Fsp3) is 0.125. The SMILES string of the molecule is FC1(F)CN(Sc2cc3ccc(-c4nccc(Nc5ccc(-c6cn[nH]c6)cc5)n4)cc3[nH]2)C1. The molecule has 3 N–H and O–H groups in total. The van der Waals surface area contributed by atoms with Crippen LogP contribution in [0.2, 0.25) is 0 Å². The van der Waals surface area contributed by atoms with Gasteiger partial charge in [-0.05, 0) is 47.8 Å². The third kappa shape index (κ3) is 4.25. The Morgan fingerprint density at radius 1 is 0.971 bits per heavy atom. The van der Waals surface area contributed by atoms with E-state index in [4.69, 9.17) is 0 Å². The van der Waals surface area contributed by atoms with Gasteiger partial charge in [-0.3, -0.25) is 5.10 Å². The summed E-state index contributed by atoms with van der Waals surface area (Å²) in [6, 6.07) is 17.7. The van der Waals surface area contributed by atoms with Crippen LogP contribution in [-0.2, 0) is 0 Å². The quantitative estimate of drug-likeness (QED) is 0.273. The predicted molar refractivity (Wildman–Crippen MR) is 129 cm³/mol. The third-order valence-corrected chi connectivity index (χ3v) is 6.48. The molecule has 10 heteroatoms. The van der Waals surface area contributed by atoms with E-state index in [-0.39, 0.29) is 13.1 Å². The van der Waals surface area contributed by atoms with Gasteiger partial charge in [-0.2, -0.15) is 5.10 Å². The number of hydrogen-bond acceptors (Lipinski definition) is 6. The lowest BCUT2D eigenvalue weighted by molar-refractivity contribution is -0.0905. The molecular formula is C24H19F2N7S. The van der Waals surface area contributed by atoms with Crippen molar-refractivity contribution in [1.29, 1.82) is 0 Å². The van der Waals surface area contributed by atoms with Crippen molar-refractivity contribution >= 4 is 34.4 Å². The average Bonchev–Trinajstić information content (AvgIpc) is 3.48. The maximum atomic E-state index is 13.1. The molecule has 1 aliphatic rings. The normalized spacial score (nSPS) is 15.4. The summed E-state index contributed by atoms with van der Waals surface area (Å²) in [6.45, 7) is -0.448. The second-order valence-corrected chi connectivity index (χ2v) is 9.27. The highest BCUT2D eigenvalue weighted by atomic mass is 32.2. The molecule has 2 aromatic carbocycles. The Hall–Kier alpha value is -3.76. The van der Waals surface area contributed by atoms with Crippen molar-refractivity contribution in [2.45, 2.75) is 10.9 Å². The minimum absolute atomic E-state index is 0.224. The number of fused-ring (bicyclic) bond motifs is 1. The number of halogens is 2.